The zero-order valence-electron chi connectivity index (χ0n) is 15.9. The highest BCUT2D eigenvalue weighted by molar-refractivity contribution is 6.30. The lowest BCUT2D eigenvalue weighted by Gasteiger charge is -2.17. The quantitative estimate of drug-likeness (QED) is 0.609. The summed E-state index contributed by atoms with van der Waals surface area (Å²) in [6.07, 6.45) is 2.41. The van der Waals surface area contributed by atoms with Gasteiger partial charge in [-0.05, 0) is 61.7 Å². The molecular weight excluding hydrogens is 372 g/mol. The molecule has 0 saturated carbocycles. The Bertz CT molecular complexity index is 922. The third-order valence-corrected chi connectivity index (χ3v) is 4.93. The van der Waals surface area contributed by atoms with Crippen molar-refractivity contribution in [3.05, 3.63) is 70.9 Å². The van der Waals surface area contributed by atoms with Crippen molar-refractivity contribution in [1.29, 1.82) is 0 Å². The van der Waals surface area contributed by atoms with E-state index >= 15 is 0 Å². The average Bonchev–Trinajstić information content (AvgIpc) is 3.23. The van der Waals surface area contributed by atoms with Crippen molar-refractivity contribution in [2.45, 2.75) is 26.4 Å². The molecule has 1 N–H and O–H groups in total. The topological polar surface area (TPSA) is 50.3 Å². The van der Waals surface area contributed by atoms with Gasteiger partial charge in [-0.2, -0.15) is 4.98 Å². The van der Waals surface area contributed by atoms with Crippen LogP contribution in [0.5, 0.6) is 5.75 Å². The average molecular weight is 395 g/mol. The number of rotatable bonds is 6. The van der Waals surface area contributed by atoms with Crippen molar-refractivity contribution in [1.82, 2.24) is 9.97 Å². The Kier molecular flexibility index (Phi) is 5.63. The maximum Gasteiger partial charge on any atom is 0.227 e. The highest BCUT2D eigenvalue weighted by Gasteiger charge is 2.16. The minimum absolute atomic E-state index is 0.508. The summed E-state index contributed by atoms with van der Waals surface area (Å²) in [6, 6.07) is 17.5. The Morgan fingerprint density at radius 1 is 1.00 bits per heavy atom. The summed E-state index contributed by atoms with van der Waals surface area (Å²) in [5.41, 5.74) is 3.00. The highest BCUT2D eigenvalue weighted by Crippen LogP contribution is 2.23. The van der Waals surface area contributed by atoms with Gasteiger partial charge in [0.05, 0.1) is 0 Å². The lowest BCUT2D eigenvalue weighted by molar-refractivity contribution is 0.306. The zero-order chi connectivity index (χ0) is 19.3. The number of ether oxygens (including phenoxy) is 1. The van der Waals surface area contributed by atoms with Gasteiger partial charge in [-0.1, -0.05) is 23.7 Å². The van der Waals surface area contributed by atoms with Gasteiger partial charge in [0.2, 0.25) is 5.95 Å². The Hall–Kier alpha value is -2.79. The van der Waals surface area contributed by atoms with Gasteiger partial charge in [-0.3, -0.25) is 0 Å². The molecule has 1 fully saturated rings. The van der Waals surface area contributed by atoms with E-state index in [4.69, 9.17) is 16.3 Å². The molecule has 0 spiro atoms. The number of hydrogen-bond donors (Lipinski definition) is 1. The lowest BCUT2D eigenvalue weighted by atomic mass is 10.2. The fourth-order valence-electron chi connectivity index (χ4n) is 3.21. The van der Waals surface area contributed by atoms with Crippen LogP contribution in [0.2, 0.25) is 5.02 Å². The molecule has 4 rings (SSSR count). The molecular formula is C22H23ClN4O. The smallest absolute Gasteiger partial charge is 0.227 e. The molecule has 0 atom stereocenters. The second-order valence-electron chi connectivity index (χ2n) is 6.95. The Balaban J connectivity index is 1.39. The van der Waals surface area contributed by atoms with Gasteiger partial charge in [0.1, 0.15) is 18.2 Å². The molecule has 1 saturated heterocycles. The van der Waals surface area contributed by atoms with Crippen LogP contribution in [0, 0.1) is 6.92 Å². The molecule has 5 nitrogen and oxygen atoms in total. The number of nitrogens with one attached hydrogen (secondary N) is 1. The minimum atomic E-state index is 0.508. The summed E-state index contributed by atoms with van der Waals surface area (Å²) in [6.45, 7) is 4.57. The molecule has 6 heteroatoms. The van der Waals surface area contributed by atoms with Gasteiger partial charge in [-0.15, -0.1) is 0 Å². The van der Waals surface area contributed by atoms with Crippen LogP contribution in [-0.2, 0) is 6.61 Å². The van der Waals surface area contributed by atoms with Gasteiger partial charge in [-0.25, -0.2) is 4.98 Å². The standard InChI is InChI=1S/C22H23ClN4O/c1-16-14-21(26-22(24-16)27-12-2-3-13-27)25-19-8-10-20(11-9-19)28-15-17-4-6-18(23)7-5-17/h4-11,14H,2-3,12-13,15H2,1H3,(H,24,25,26). The molecule has 2 heterocycles. The summed E-state index contributed by atoms with van der Waals surface area (Å²) < 4.78 is 5.84. The number of halogens is 1. The van der Waals surface area contributed by atoms with Crippen molar-refractivity contribution in [2.24, 2.45) is 0 Å². The maximum atomic E-state index is 5.91. The number of aromatic nitrogens is 2. The van der Waals surface area contributed by atoms with Gasteiger partial charge >= 0.3 is 0 Å². The van der Waals surface area contributed by atoms with Crippen LogP contribution in [0.15, 0.2) is 54.6 Å². The van der Waals surface area contributed by atoms with Crippen molar-refractivity contribution in [3.8, 4) is 5.75 Å². The Labute approximate surface area is 170 Å². The van der Waals surface area contributed by atoms with Crippen LogP contribution < -0.4 is 15.0 Å². The van der Waals surface area contributed by atoms with Crippen LogP contribution >= 0.6 is 11.6 Å². The van der Waals surface area contributed by atoms with Crippen LogP contribution in [0.25, 0.3) is 0 Å². The largest absolute Gasteiger partial charge is 0.489 e. The van der Waals surface area contributed by atoms with Crippen molar-refractivity contribution >= 4 is 29.1 Å². The summed E-state index contributed by atoms with van der Waals surface area (Å²) in [5.74, 6) is 2.43. The SMILES string of the molecule is Cc1cc(Nc2ccc(OCc3ccc(Cl)cc3)cc2)nc(N2CCCC2)n1. The molecule has 144 valence electrons. The number of benzene rings is 2. The van der Waals surface area contributed by atoms with E-state index in [9.17, 15) is 0 Å². The molecule has 0 amide bonds. The molecule has 3 aromatic rings. The van der Waals surface area contributed by atoms with Crippen molar-refractivity contribution in [2.75, 3.05) is 23.3 Å². The lowest BCUT2D eigenvalue weighted by Crippen LogP contribution is -2.21. The van der Waals surface area contributed by atoms with E-state index < -0.39 is 0 Å². The number of nitrogens with zero attached hydrogens (tertiary/aromatic N) is 3. The molecule has 0 aliphatic carbocycles. The zero-order valence-corrected chi connectivity index (χ0v) is 16.6. The van der Waals surface area contributed by atoms with E-state index in [0.717, 1.165) is 52.6 Å². The van der Waals surface area contributed by atoms with Crippen LogP contribution in [0.4, 0.5) is 17.5 Å². The second kappa shape index (κ2) is 8.48. The van der Waals surface area contributed by atoms with Crippen molar-refractivity contribution < 1.29 is 4.74 Å². The molecule has 2 aromatic carbocycles. The second-order valence-corrected chi connectivity index (χ2v) is 7.39. The summed E-state index contributed by atoms with van der Waals surface area (Å²) in [5, 5.41) is 4.10. The number of aryl methyl sites for hydroxylation is 1. The van der Waals surface area contributed by atoms with Gasteiger partial charge in [0.15, 0.2) is 0 Å². The summed E-state index contributed by atoms with van der Waals surface area (Å²) in [4.78, 5) is 11.5. The molecule has 0 bridgehead atoms. The highest BCUT2D eigenvalue weighted by atomic mass is 35.5. The fraction of sp³-hybridized carbons (Fsp3) is 0.273. The third kappa shape index (κ3) is 4.73. The van der Waals surface area contributed by atoms with Crippen LogP contribution in [0.3, 0.4) is 0 Å². The first-order valence-electron chi connectivity index (χ1n) is 9.51. The van der Waals surface area contributed by atoms with Gasteiger partial charge in [0, 0.05) is 35.6 Å². The first kappa shape index (κ1) is 18.6. The van der Waals surface area contributed by atoms with E-state index in [-0.39, 0.29) is 0 Å². The minimum Gasteiger partial charge on any atom is -0.489 e. The Morgan fingerprint density at radius 3 is 2.43 bits per heavy atom. The molecule has 1 aliphatic heterocycles. The summed E-state index contributed by atoms with van der Waals surface area (Å²) in [7, 11) is 0. The fourth-order valence-corrected chi connectivity index (χ4v) is 3.33. The number of hydrogen-bond acceptors (Lipinski definition) is 5. The predicted octanol–water partition coefficient (Wildman–Crippen LogP) is 5.36. The van der Waals surface area contributed by atoms with Gasteiger partial charge in [0.25, 0.3) is 0 Å². The molecule has 1 aliphatic rings. The van der Waals surface area contributed by atoms with E-state index in [1.165, 1.54) is 12.8 Å². The summed E-state index contributed by atoms with van der Waals surface area (Å²) >= 11 is 5.91. The van der Waals surface area contributed by atoms with Gasteiger partial charge < -0.3 is 15.0 Å². The van der Waals surface area contributed by atoms with Crippen molar-refractivity contribution in [3.63, 3.8) is 0 Å². The first-order chi connectivity index (χ1) is 13.7. The van der Waals surface area contributed by atoms with E-state index in [1.807, 2.05) is 61.5 Å². The molecule has 0 radical (unpaired) electrons. The molecule has 1 aromatic heterocycles. The normalized spacial score (nSPS) is 13.6. The predicted molar refractivity (Wildman–Crippen MR) is 114 cm³/mol. The monoisotopic (exact) mass is 394 g/mol. The number of anilines is 3. The van der Waals surface area contributed by atoms with E-state index in [1.54, 1.807) is 0 Å². The molecule has 28 heavy (non-hydrogen) atoms. The maximum absolute atomic E-state index is 5.91. The third-order valence-electron chi connectivity index (χ3n) is 4.68. The van der Waals surface area contributed by atoms with Crippen LogP contribution in [0.1, 0.15) is 24.1 Å². The van der Waals surface area contributed by atoms with Crippen LogP contribution in [-0.4, -0.2) is 23.1 Å². The Morgan fingerprint density at radius 2 is 1.71 bits per heavy atom. The molecule has 0 unspecified atom stereocenters. The van der Waals surface area contributed by atoms with E-state index in [0.29, 0.717) is 6.61 Å². The first-order valence-corrected chi connectivity index (χ1v) is 9.88. The van der Waals surface area contributed by atoms with E-state index in [2.05, 4.69) is 20.2 Å².